The molecule has 3 heterocycles. The lowest BCUT2D eigenvalue weighted by Crippen LogP contribution is -2.38. The quantitative estimate of drug-likeness (QED) is 0.388. The Hall–Kier alpha value is -4.18. The molecule has 3 aromatic rings. The van der Waals surface area contributed by atoms with Gasteiger partial charge in [-0.05, 0) is 30.3 Å². The largest absolute Gasteiger partial charge is 0.493 e. The molecule has 0 unspecified atom stereocenters. The van der Waals surface area contributed by atoms with Crippen LogP contribution in [0.4, 0.5) is 11.4 Å². The second-order valence-corrected chi connectivity index (χ2v) is 9.14. The van der Waals surface area contributed by atoms with Crippen molar-refractivity contribution >= 4 is 34.2 Å². The number of nitro benzene ring substituents is 1. The summed E-state index contributed by atoms with van der Waals surface area (Å²) in [6.45, 7) is 3.84. The van der Waals surface area contributed by atoms with Gasteiger partial charge < -0.3 is 9.84 Å². The number of fused-ring (bicyclic) bond motifs is 1. The van der Waals surface area contributed by atoms with Crippen LogP contribution in [0.3, 0.4) is 0 Å². The van der Waals surface area contributed by atoms with Gasteiger partial charge in [0.2, 0.25) is 5.88 Å². The molecule has 182 valence electrons. The SMILES string of the molecule is N#Cc1ccc(N=c2sc(C3=c4cc([N+](=O)[O-])ccc4=NC3=O)c(O)n2CCN2CCOCC2)cc1. The van der Waals surface area contributed by atoms with Crippen LogP contribution < -0.4 is 15.4 Å². The average molecular weight is 505 g/mol. The van der Waals surface area contributed by atoms with Gasteiger partial charge in [-0.3, -0.25) is 24.4 Å². The molecule has 2 aliphatic heterocycles. The number of morpholine rings is 1. The Morgan fingerprint density at radius 1 is 1.19 bits per heavy atom. The van der Waals surface area contributed by atoms with Crippen LogP contribution in [-0.4, -0.2) is 58.3 Å². The molecule has 2 aliphatic rings. The highest BCUT2D eigenvalue weighted by Crippen LogP contribution is 2.29. The molecular weight excluding hydrogens is 484 g/mol. The van der Waals surface area contributed by atoms with Crippen LogP contribution in [0.5, 0.6) is 5.88 Å². The molecule has 0 aliphatic carbocycles. The van der Waals surface area contributed by atoms with Crippen molar-refractivity contribution in [2.75, 3.05) is 32.8 Å². The van der Waals surface area contributed by atoms with Crippen LogP contribution >= 0.6 is 11.3 Å². The van der Waals surface area contributed by atoms with Crippen molar-refractivity contribution in [3.63, 3.8) is 0 Å². The van der Waals surface area contributed by atoms with Crippen molar-refractivity contribution in [1.82, 2.24) is 9.47 Å². The molecule has 36 heavy (non-hydrogen) atoms. The predicted octanol–water partition coefficient (Wildman–Crippen LogP) is 0.958. The number of carbonyl (C=O) groups is 1. The number of thiazole rings is 1. The number of nitriles is 1. The first kappa shape index (κ1) is 23.6. The lowest BCUT2D eigenvalue weighted by Gasteiger charge is -2.26. The minimum absolute atomic E-state index is 0.109. The van der Waals surface area contributed by atoms with Crippen LogP contribution in [0.2, 0.25) is 0 Å². The van der Waals surface area contributed by atoms with E-state index in [1.165, 1.54) is 18.2 Å². The molecule has 0 saturated carbocycles. The van der Waals surface area contributed by atoms with E-state index in [2.05, 4.69) is 21.0 Å². The summed E-state index contributed by atoms with van der Waals surface area (Å²) < 4.78 is 7.03. The Kier molecular flexibility index (Phi) is 6.43. The van der Waals surface area contributed by atoms with Crippen LogP contribution in [-0.2, 0) is 16.1 Å². The van der Waals surface area contributed by atoms with Gasteiger partial charge in [-0.25, -0.2) is 9.98 Å². The van der Waals surface area contributed by atoms with Crippen molar-refractivity contribution in [3.8, 4) is 11.9 Å². The lowest BCUT2D eigenvalue weighted by molar-refractivity contribution is -0.385. The monoisotopic (exact) mass is 504 g/mol. The molecule has 11 nitrogen and oxygen atoms in total. The van der Waals surface area contributed by atoms with Crippen LogP contribution in [0.15, 0.2) is 52.4 Å². The maximum Gasteiger partial charge on any atom is 0.279 e. The third kappa shape index (κ3) is 4.55. The average Bonchev–Trinajstić information content (AvgIpc) is 3.37. The van der Waals surface area contributed by atoms with E-state index in [0.717, 1.165) is 24.4 Å². The molecule has 0 bridgehead atoms. The van der Waals surface area contributed by atoms with E-state index in [0.29, 0.717) is 52.9 Å². The highest BCUT2D eigenvalue weighted by molar-refractivity contribution is 7.11. The topological polar surface area (TPSA) is 146 Å². The zero-order valence-corrected chi connectivity index (χ0v) is 19.8. The molecule has 5 rings (SSSR count). The van der Waals surface area contributed by atoms with E-state index in [9.17, 15) is 20.0 Å². The van der Waals surface area contributed by atoms with E-state index in [1.807, 2.05) is 0 Å². The summed E-state index contributed by atoms with van der Waals surface area (Å²) in [5.41, 5.74) is 1.01. The normalized spacial score (nSPS) is 16.0. The Balaban J connectivity index is 1.65. The fourth-order valence-electron chi connectivity index (χ4n) is 4.08. The number of aromatic nitrogens is 1. The van der Waals surface area contributed by atoms with E-state index in [-0.39, 0.29) is 22.0 Å². The number of aromatic hydroxyl groups is 1. The lowest BCUT2D eigenvalue weighted by atomic mass is 10.1. The van der Waals surface area contributed by atoms with Gasteiger partial charge in [0, 0.05) is 43.5 Å². The number of amides is 1. The van der Waals surface area contributed by atoms with Crippen LogP contribution in [0, 0.1) is 21.4 Å². The van der Waals surface area contributed by atoms with E-state index in [1.54, 1.807) is 28.8 Å². The summed E-state index contributed by atoms with van der Waals surface area (Å²) in [6.07, 6.45) is 0. The van der Waals surface area contributed by atoms with Crippen molar-refractivity contribution < 1.29 is 19.6 Å². The van der Waals surface area contributed by atoms with Crippen LogP contribution in [0.25, 0.3) is 5.57 Å². The molecule has 0 spiro atoms. The Morgan fingerprint density at radius 3 is 2.64 bits per heavy atom. The fourth-order valence-corrected chi connectivity index (χ4v) is 5.20. The highest BCUT2D eigenvalue weighted by atomic mass is 32.1. The summed E-state index contributed by atoms with van der Waals surface area (Å²) >= 11 is 1.11. The van der Waals surface area contributed by atoms with Crippen molar-refractivity contribution in [1.29, 1.82) is 5.26 Å². The zero-order valence-electron chi connectivity index (χ0n) is 19.0. The third-order valence-corrected chi connectivity index (χ3v) is 7.06. The predicted molar refractivity (Wildman–Crippen MR) is 129 cm³/mol. The van der Waals surface area contributed by atoms with Crippen LogP contribution in [0.1, 0.15) is 10.4 Å². The highest BCUT2D eigenvalue weighted by Gasteiger charge is 2.27. The van der Waals surface area contributed by atoms with E-state index in [4.69, 9.17) is 10.00 Å². The third-order valence-electron chi connectivity index (χ3n) is 5.97. The Bertz CT molecular complexity index is 1590. The summed E-state index contributed by atoms with van der Waals surface area (Å²) in [5.74, 6) is -0.731. The van der Waals surface area contributed by atoms with Gasteiger partial charge in [0.05, 0.1) is 46.4 Å². The number of non-ortho nitro benzene ring substituents is 1. The molecule has 12 heteroatoms. The van der Waals surface area contributed by atoms with Gasteiger partial charge in [0.1, 0.15) is 4.88 Å². The minimum atomic E-state index is -0.577. The number of benzene rings is 2. The maximum atomic E-state index is 12.8. The molecule has 1 aromatic heterocycles. The molecule has 0 radical (unpaired) electrons. The van der Waals surface area contributed by atoms with Gasteiger partial charge in [0.25, 0.3) is 11.6 Å². The summed E-state index contributed by atoms with van der Waals surface area (Å²) in [5, 5.41) is 32.3. The van der Waals surface area contributed by atoms with Crippen molar-refractivity contribution in [3.05, 3.63) is 78.4 Å². The maximum absolute atomic E-state index is 12.8. The molecule has 1 N–H and O–H groups in total. The fraction of sp³-hybridized carbons (Fsp3) is 0.250. The van der Waals surface area contributed by atoms with Gasteiger partial charge in [-0.1, -0.05) is 11.3 Å². The van der Waals surface area contributed by atoms with Crippen molar-refractivity contribution in [2.24, 2.45) is 9.98 Å². The standard InChI is InChI=1S/C24H20N6O5S/c25-14-15-1-3-16(4-2-15)26-24-29(8-7-28-9-11-35-12-10-28)23(32)21(36-24)20-18-13-17(30(33)34)5-6-19(18)27-22(20)31/h1-6,13,32H,7-12H2. The smallest absolute Gasteiger partial charge is 0.279 e. The first-order valence-corrected chi connectivity index (χ1v) is 12.0. The summed E-state index contributed by atoms with van der Waals surface area (Å²) in [6, 6.07) is 12.8. The summed E-state index contributed by atoms with van der Waals surface area (Å²) in [7, 11) is 0. The molecule has 1 amide bonds. The number of carbonyl (C=O) groups excluding carboxylic acids is 1. The number of nitrogens with zero attached hydrogens (tertiary/aromatic N) is 6. The second-order valence-electron chi connectivity index (χ2n) is 8.16. The Labute approximate surface area is 208 Å². The first-order chi connectivity index (χ1) is 17.4. The molecule has 1 fully saturated rings. The van der Waals surface area contributed by atoms with Gasteiger partial charge in [0.15, 0.2) is 4.80 Å². The molecule has 0 atom stereocenters. The van der Waals surface area contributed by atoms with E-state index < -0.39 is 10.8 Å². The number of hydrogen-bond acceptors (Lipinski definition) is 9. The molecular formula is C24H20N6O5S. The zero-order chi connectivity index (χ0) is 25.2. The van der Waals surface area contributed by atoms with Crippen molar-refractivity contribution in [2.45, 2.75) is 6.54 Å². The number of rotatable bonds is 6. The first-order valence-electron chi connectivity index (χ1n) is 11.1. The van der Waals surface area contributed by atoms with Gasteiger partial charge in [-0.15, -0.1) is 0 Å². The molecule has 2 aromatic carbocycles. The Morgan fingerprint density at radius 2 is 1.94 bits per heavy atom. The molecule has 1 saturated heterocycles. The number of nitro groups is 1. The number of ether oxygens (including phenoxy) is 1. The van der Waals surface area contributed by atoms with Gasteiger partial charge >= 0.3 is 0 Å². The summed E-state index contributed by atoms with van der Waals surface area (Å²) in [4.78, 5) is 35.2. The van der Waals surface area contributed by atoms with E-state index >= 15 is 0 Å². The number of hydrogen-bond donors (Lipinski definition) is 1. The minimum Gasteiger partial charge on any atom is -0.493 e. The van der Waals surface area contributed by atoms with Gasteiger partial charge in [-0.2, -0.15) is 5.26 Å². The second kappa shape index (κ2) is 9.82.